The third-order valence-electron chi connectivity index (χ3n) is 3.63. The summed E-state index contributed by atoms with van der Waals surface area (Å²) >= 11 is 1.12. The summed E-state index contributed by atoms with van der Waals surface area (Å²) in [5.74, 6) is -0.553. The molecule has 2 rings (SSSR count). The van der Waals surface area contributed by atoms with Gasteiger partial charge in [-0.05, 0) is 42.8 Å². The summed E-state index contributed by atoms with van der Waals surface area (Å²) in [7, 11) is -3.71. The van der Waals surface area contributed by atoms with E-state index in [0.717, 1.165) is 22.5 Å². The van der Waals surface area contributed by atoms with Crippen molar-refractivity contribution in [1.82, 2.24) is 4.72 Å². The minimum atomic E-state index is -3.71. The molecule has 2 N–H and O–H groups in total. The number of carbonyl (C=O) groups is 1. The van der Waals surface area contributed by atoms with E-state index >= 15 is 0 Å². The highest BCUT2D eigenvalue weighted by Gasteiger charge is 2.29. The van der Waals surface area contributed by atoms with E-state index in [1.54, 1.807) is 11.4 Å². The van der Waals surface area contributed by atoms with Crippen LogP contribution < -0.4 is 10.0 Å². The zero-order chi connectivity index (χ0) is 17.9. The molecule has 7 heteroatoms. The van der Waals surface area contributed by atoms with E-state index in [1.165, 1.54) is 6.07 Å². The van der Waals surface area contributed by atoms with Crippen LogP contribution in [0.1, 0.15) is 25.0 Å². The van der Waals surface area contributed by atoms with Gasteiger partial charge in [0.15, 0.2) is 0 Å². The van der Waals surface area contributed by atoms with E-state index < -0.39 is 16.1 Å². The van der Waals surface area contributed by atoms with Gasteiger partial charge in [-0.3, -0.25) is 4.79 Å². The van der Waals surface area contributed by atoms with Crippen molar-refractivity contribution in [2.75, 3.05) is 5.32 Å². The molecule has 130 valence electrons. The van der Waals surface area contributed by atoms with Crippen LogP contribution in [0.5, 0.6) is 0 Å². The van der Waals surface area contributed by atoms with Crippen molar-refractivity contribution in [2.24, 2.45) is 5.92 Å². The zero-order valence-electron chi connectivity index (χ0n) is 14.2. The van der Waals surface area contributed by atoms with E-state index in [-0.39, 0.29) is 16.0 Å². The SMILES string of the molecule is Cc1ccc(NC(=O)[C@@H](NS(=O)(=O)c2cccs2)C(C)C)c(C)c1. The number of aryl methyl sites for hydroxylation is 2. The van der Waals surface area contributed by atoms with Gasteiger partial charge in [-0.1, -0.05) is 37.6 Å². The number of amides is 1. The fourth-order valence-corrected chi connectivity index (χ4v) is 4.65. The maximum Gasteiger partial charge on any atom is 0.250 e. The number of hydrogen-bond donors (Lipinski definition) is 2. The van der Waals surface area contributed by atoms with Crippen molar-refractivity contribution >= 4 is 33.0 Å². The Labute approximate surface area is 147 Å². The van der Waals surface area contributed by atoms with Crippen LogP contribution in [0.25, 0.3) is 0 Å². The molecule has 24 heavy (non-hydrogen) atoms. The van der Waals surface area contributed by atoms with Crippen molar-refractivity contribution < 1.29 is 13.2 Å². The molecule has 1 heterocycles. The van der Waals surface area contributed by atoms with Crippen LogP contribution in [0.3, 0.4) is 0 Å². The molecule has 5 nitrogen and oxygen atoms in total. The zero-order valence-corrected chi connectivity index (χ0v) is 15.8. The standard InChI is InChI=1S/C17H22N2O3S2/c1-11(2)16(19-24(21,22)15-6-5-9-23-15)17(20)18-14-8-7-12(3)10-13(14)4/h5-11,16,19H,1-4H3,(H,18,20)/t16-/m0/s1. The number of thiophene rings is 1. The Balaban J connectivity index is 2.19. The first-order valence-corrected chi connectivity index (χ1v) is 10.0. The molecule has 0 saturated carbocycles. The lowest BCUT2D eigenvalue weighted by Gasteiger charge is -2.22. The number of benzene rings is 1. The summed E-state index contributed by atoms with van der Waals surface area (Å²) in [4.78, 5) is 12.6. The van der Waals surface area contributed by atoms with E-state index in [1.807, 2.05) is 45.9 Å². The van der Waals surface area contributed by atoms with Gasteiger partial charge in [-0.15, -0.1) is 11.3 Å². The summed E-state index contributed by atoms with van der Waals surface area (Å²) in [6.45, 7) is 7.50. The Morgan fingerprint density at radius 1 is 1.17 bits per heavy atom. The number of anilines is 1. The van der Waals surface area contributed by atoms with Crippen molar-refractivity contribution in [2.45, 2.75) is 37.9 Å². The van der Waals surface area contributed by atoms with E-state index in [2.05, 4.69) is 10.0 Å². The van der Waals surface area contributed by atoms with Gasteiger partial charge in [-0.25, -0.2) is 8.42 Å². The number of nitrogens with one attached hydrogen (secondary N) is 2. The van der Waals surface area contributed by atoms with Crippen LogP contribution in [-0.4, -0.2) is 20.4 Å². The van der Waals surface area contributed by atoms with Crippen LogP contribution in [-0.2, 0) is 14.8 Å². The Morgan fingerprint density at radius 3 is 2.42 bits per heavy atom. The third-order valence-corrected chi connectivity index (χ3v) is 6.47. The molecule has 0 radical (unpaired) electrons. The van der Waals surface area contributed by atoms with Crippen LogP contribution in [0.2, 0.25) is 0 Å². The molecule has 0 saturated heterocycles. The number of sulfonamides is 1. The summed E-state index contributed by atoms with van der Waals surface area (Å²) < 4.78 is 27.5. The summed E-state index contributed by atoms with van der Waals surface area (Å²) in [5.41, 5.74) is 2.72. The maximum atomic E-state index is 12.6. The Hall–Kier alpha value is -1.70. The quantitative estimate of drug-likeness (QED) is 0.823. The Bertz CT molecular complexity index is 812. The number of hydrogen-bond acceptors (Lipinski definition) is 4. The second-order valence-corrected chi connectivity index (χ2v) is 8.97. The van der Waals surface area contributed by atoms with E-state index in [9.17, 15) is 13.2 Å². The minimum absolute atomic E-state index is 0.189. The third kappa shape index (κ3) is 4.43. The average molecular weight is 367 g/mol. The first-order chi connectivity index (χ1) is 11.2. The van der Waals surface area contributed by atoms with Gasteiger partial charge in [0.25, 0.3) is 10.0 Å². The highest BCUT2D eigenvalue weighted by molar-refractivity contribution is 7.91. The molecule has 2 aromatic rings. The van der Waals surface area contributed by atoms with Gasteiger partial charge < -0.3 is 5.32 Å². The van der Waals surface area contributed by atoms with Crippen LogP contribution in [0.15, 0.2) is 39.9 Å². The topological polar surface area (TPSA) is 75.3 Å². The Morgan fingerprint density at radius 2 is 1.88 bits per heavy atom. The lowest BCUT2D eigenvalue weighted by Crippen LogP contribution is -2.46. The van der Waals surface area contributed by atoms with Crippen molar-refractivity contribution in [1.29, 1.82) is 0 Å². The van der Waals surface area contributed by atoms with E-state index in [0.29, 0.717) is 5.69 Å². The molecular weight excluding hydrogens is 344 g/mol. The summed E-state index contributed by atoms with van der Waals surface area (Å²) in [6, 6.07) is 8.04. The average Bonchev–Trinajstić information content (AvgIpc) is 3.02. The van der Waals surface area contributed by atoms with Gasteiger partial charge in [0.05, 0.1) is 0 Å². The molecule has 0 aliphatic carbocycles. The second kappa shape index (κ2) is 7.46. The van der Waals surface area contributed by atoms with E-state index in [4.69, 9.17) is 0 Å². The van der Waals surface area contributed by atoms with Crippen LogP contribution in [0.4, 0.5) is 5.69 Å². The molecule has 0 unspecified atom stereocenters. The number of carbonyl (C=O) groups excluding carboxylic acids is 1. The summed E-state index contributed by atoms with van der Waals surface area (Å²) in [5, 5.41) is 4.51. The molecule has 0 aliphatic heterocycles. The molecule has 1 amide bonds. The first-order valence-electron chi connectivity index (χ1n) is 7.64. The molecule has 1 aromatic heterocycles. The van der Waals surface area contributed by atoms with Gasteiger partial charge in [-0.2, -0.15) is 4.72 Å². The first kappa shape index (κ1) is 18.6. The Kier molecular flexibility index (Phi) is 5.79. The molecule has 0 fully saturated rings. The predicted molar refractivity (Wildman–Crippen MR) is 97.8 cm³/mol. The van der Waals surface area contributed by atoms with Crippen LogP contribution >= 0.6 is 11.3 Å². The predicted octanol–water partition coefficient (Wildman–Crippen LogP) is 3.31. The monoisotopic (exact) mass is 366 g/mol. The lowest BCUT2D eigenvalue weighted by atomic mass is 10.0. The summed E-state index contributed by atoms with van der Waals surface area (Å²) in [6.07, 6.45) is 0. The smallest absolute Gasteiger partial charge is 0.250 e. The van der Waals surface area contributed by atoms with Gasteiger partial charge in [0.1, 0.15) is 10.3 Å². The molecule has 0 bridgehead atoms. The van der Waals surface area contributed by atoms with Crippen molar-refractivity contribution in [3.63, 3.8) is 0 Å². The second-order valence-electron chi connectivity index (χ2n) is 6.08. The van der Waals surface area contributed by atoms with Crippen molar-refractivity contribution in [3.05, 3.63) is 46.8 Å². The van der Waals surface area contributed by atoms with Gasteiger partial charge >= 0.3 is 0 Å². The molecule has 1 aromatic carbocycles. The minimum Gasteiger partial charge on any atom is -0.324 e. The highest BCUT2D eigenvalue weighted by atomic mass is 32.2. The molecule has 1 atom stereocenters. The normalized spacial score (nSPS) is 13.0. The highest BCUT2D eigenvalue weighted by Crippen LogP contribution is 2.20. The number of rotatable bonds is 6. The fraction of sp³-hybridized carbons (Fsp3) is 0.353. The van der Waals surface area contributed by atoms with Gasteiger partial charge in [0, 0.05) is 5.69 Å². The van der Waals surface area contributed by atoms with Crippen LogP contribution in [0, 0.1) is 19.8 Å². The lowest BCUT2D eigenvalue weighted by molar-refractivity contribution is -0.118. The van der Waals surface area contributed by atoms with Gasteiger partial charge in [0.2, 0.25) is 5.91 Å². The van der Waals surface area contributed by atoms with Crippen molar-refractivity contribution in [3.8, 4) is 0 Å². The molecule has 0 spiro atoms. The molecule has 0 aliphatic rings. The molecular formula is C17H22N2O3S2. The fourth-order valence-electron chi connectivity index (χ4n) is 2.30. The largest absolute Gasteiger partial charge is 0.324 e. The maximum absolute atomic E-state index is 12.6.